The highest BCUT2D eigenvalue weighted by Gasteiger charge is 2.48. The lowest BCUT2D eigenvalue weighted by Gasteiger charge is -2.43. The van der Waals surface area contributed by atoms with Crippen LogP contribution in [0, 0.1) is 0 Å². The molecule has 156 valence electrons. The normalized spacial score (nSPS) is 20.3. The Morgan fingerprint density at radius 1 is 1.23 bits per heavy atom. The van der Waals surface area contributed by atoms with E-state index < -0.39 is 0 Å². The topological polar surface area (TPSA) is 68.2 Å². The van der Waals surface area contributed by atoms with Gasteiger partial charge in [-0.25, -0.2) is 9.79 Å². The van der Waals surface area contributed by atoms with Gasteiger partial charge in [0, 0.05) is 11.1 Å². The quantitative estimate of drug-likeness (QED) is 0.695. The molecule has 2 aliphatic heterocycles. The van der Waals surface area contributed by atoms with Crippen LogP contribution in [0.15, 0.2) is 41.4 Å². The molecule has 0 aliphatic carbocycles. The van der Waals surface area contributed by atoms with Crippen LogP contribution in [0.5, 0.6) is 5.75 Å². The summed E-state index contributed by atoms with van der Waals surface area (Å²) in [4.78, 5) is 31.9. The predicted octanol–water partition coefficient (Wildman–Crippen LogP) is 4.63. The summed E-state index contributed by atoms with van der Waals surface area (Å²) < 4.78 is 10.5. The molecule has 0 spiro atoms. The second kappa shape index (κ2) is 7.27. The molecule has 2 aliphatic rings. The largest absolute Gasteiger partial charge is 0.497 e. The average molecular weight is 406 g/mol. The smallest absolute Gasteiger partial charge is 0.338 e. The Kier molecular flexibility index (Phi) is 4.88. The summed E-state index contributed by atoms with van der Waals surface area (Å²) in [6.45, 7) is 8.46. The Bertz CT molecular complexity index is 1050. The van der Waals surface area contributed by atoms with Crippen LogP contribution in [0.1, 0.15) is 61.5 Å². The lowest BCUT2D eigenvalue weighted by atomic mass is 9.80. The van der Waals surface area contributed by atoms with Crippen LogP contribution >= 0.6 is 0 Å². The van der Waals surface area contributed by atoms with Crippen molar-refractivity contribution >= 4 is 29.0 Å². The van der Waals surface area contributed by atoms with E-state index in [-0.39, 0.29) is 17.4 Å². The maximum atomic E-state index is 13.4. The third-order valence-electron chi connectivity index (χ3n) is 5.79. The molecule has 0 saturated carbocycles. The minimum Gasteiger partial charge on any atom is -0.497 e. The first-order chi connectivity index (χ1) is 14.3. The number of esters is 1. The molecule has 0 N–H and O–H groups in total. The lowest BCUT2D eigenvalue weighted by molar-refractivity contribution is -0.113. The highest BCUT2D eigenvalue weighted by molar-refractivity contribution is 6.55. The zero-order valence-corrected chi connectivity index (χ0v) is 18.0. The molecule has 4 rings (SSSR count). The fraction of sp³-hybridized carbons (Fsp3) is 0.375. The van der Waals surface area contributed by atoms with Gasteiger partial charge >= 0.3 is 5.97 Å². The van der Waals surface area contributed by atoms with Crippen molar-refractivity contribution in [2.75, 3.05) is 18.6 Å². The molecule has 2 aromatic carbocycles. The summed E-state index contributed by atoms with van der Waals surface area (Å²) in [5.41, 5.74) is 4.00. The minimum absolute atomic E-state index is 0.106. The van der Waals surface area contributed by atoms with Gasteiger partial charge in [-0.15, -0.1) is 0 Å². The summed E-state index contributed by atoms with van der Waals surface area (Å²) in [5.74, 6) is 0.540. The number of nitrogens with zero attached hydrogens (tertiary/aromatic N) is 2. The van der Waals surface area contributed by atoms with Gasteiger partial charge in [0.05, 0.1) is 30.7 Å². The number of methoxy groups -OCH3 is 1. The van der Waals surface area contributed by atoms with Gasteiger partial charge in [-0.2, -0.15) is 0 Å². The molecule has 2 aromatic rings. The highest BCUT2D eigenvalue weighted by Crippen LogP contribution is 2.50. The summed E-state index contributed by atoms with van der Waals surface area (Å²) in [5, 5.41) is 0. The first-order valence-corrected chi connectivity index (χ1v) is 10.2. The first kappa shape index (κ1) is 20.1. The van der Waals surface area contributed by atoms with Gasteiger partial charge < -0.3 is 14.4 Å². The Balaban J connectivity index is 1.82. The van der Waals surface area contributed by atoms with Crippen molar-refractivity contribution in [3.63, 3.8) is 0 Å². The Morgan fingerprint density at radius 3 is 2.57 bits per heavy atom. The van der Waals surface area contributed by atoms with Crippen molar-refractivity contribution in [1.82, 2.24) is 0 Å². The molecule has 1 amide bonds. The van der Waals surface area contributed by atoms with Crippen molar-refractivity contribution in [2.24, 2.45) is 4.99 Å². The van der Waals surface area contributed by atoms with Crippen LogP contribution < -0.4 is 9.64 Å². The summed E-state index contributed by atoms with van der Waals surface area (Å²) >= 11 is 0. The summed E-state index contributed by atoms with van der Waals surface area (Å²) in [6, 6.07) is 10.7. The third-order valence-corrected chi connectivity index (χ3v) is 5.79. The van der Waals surface area contributed by atoms with Gasteiger partial charge in [-0.1, -0.05) is 6.92 Å². The number of hydrogen-bond donors (Lipinski definition) is 0. The van der Waals surface area contributed by atoms with Crippen molar-refractivity contribution in [3.05, 3.63) is 53.1 Å². The Labute approximate surface area is 176 Å². The number of aliphatic imine (C=N–C) groups is 1. The monoisotopic (exact) mass is 406 g/mol. The molecule has 0 bridgehead atoms. The number of benzene rings is 2. The molecule has 0 saturated heterocycles. The second-order valence-electron chi connectivity index (χ2n) is 8.40. The molecule has 2 heterocycles. The molecular formula is C24H26N2O4. The van der Waals surface area contributed by atoms with Crippen molar-refractivity contribution in [1.29, 1.82) is 0 Å². The molecule has 30 heavy (non-hydrogen) atoms. The van der Waals surface area contributed by atoms with E-state index in [1.165, 1.54) is 0 Å². The zero-order valence-electron chi connectivity index (χ0n) is 18.0. The van der Waals surface area contributed by atoms with E-state index in [1.807, 2.05) is 17.0 Å². The van der Waals surface area contributed by atoms with Crippen LogP contribution in [0.3, 0.4) is 0 Å². The molecule has 0 radical (unpaired) electrons. The standard InChI is InChI=1S/C24H26N2O4/c1-6-30-23(28)15-7-9-16(10-8-15)25-20-19-12-17(29-5)11-18-14(2)13-24(3,4)26(21(18)19)22(20)27/h7-12,14H,6,13H2,1-5H3/t14-/m0/s1. The van der Waals surface area contributed by atoms with Gasteiger partial charge in [-0.3, -0.25) is 4.79 Å². The van der Waals surface area contributed by atoms with E-state index in [2.05, 4.69) is 25.8 Å². The maximum Gasteiger partial charge on any atom is 0.338 e. The molecule has 6 nitrogen and oxygen atoms in total. The van der Waals surface area contributed by atoms with Gasteiger partial charge in [0.15, 0.2) is 0 Å². The molecule has 1 atom stereocenters. The van der Waals surface area contributed by atoms with Crippen molar-refractivity contribution < 1.29 is 19.1 Å². The summed E-state index contributed by atoms with van der Waals surface area (Å²) in [6.07, 6.45) is 0.861. The lowest BCUT2D eigenvalue weighted by Crippen LogP contribution is -2.50. The van der Waals surface area contributed by atoms with Gasteiger partial charge in [0.25, 0.3) is 5.91 Å². The number of anilines is 1. The van der Waals surface area contributed by atoms with Crippen molar-refractivity contribution in [2.45, 2.75) is 45.6 Å². The first-order valence-electron chi connectivity index (χ1n) is 10.2. The Morgan fingerprint density at radius 2 is 1.93 bits per heavy atom. The van der Waals surface area contributed by atoms with E-state index in [0.29, 0.717) is 29.5 Å². The number of rotatable bonds is 4. The minimum atomic E-state index is -0.374. The SMILES string of the molecule is CCOC(=O)c1ccc(N=C2C(=O)N3c4c2cc(OC)cc4[C@@H](C)CC3(C)C)cc1. The number of carbonyl (C=O) groups is 2. The van der Waals surface area contributed by atoms with Crippen LogP contribution in [-0.4, -0.2) is 36.8 Å². The van der Waals surface area contributed by atoms with Gasteiger partial charge in [0.2, 0.25) is 0 Å². The van der Waals surface area contributed by atoms with Crippen LogP contribution in [-0.2, 0) is 9.53 Å². The molecular weight excluding hydrogens is 380 g/mol. The number of carbonyl (C=O) groups excluding carboxylic acids is 2. The van der Waals surface area contributed by atoms with E-state index in [4.69, 9.17) is 9.47 Å². The van der Waals surface area contributed by atoms with Gasteiger partial charge in [-0.05, 0) is 75.1 Å². The van der Waals surface area contributed by atoms with Crippen molar-refractivity contribution in [3.8, 4) is 5.75 Å². The average Bonchev–Trinajstić information content (AvgIpc) is 2.99. The molecule has 6 heteroatoms. The predicted molar refractivity (Wildman–Crippen MR) is 116 cm³/mol. The fourth-order valence-corrected chi connectivity index (χ4v) is 4.53. The van der Waals surface area contributed by atoms with E-state index in [1.54, 1.807) is 38.3 Å². The van der Waals surface area contributed by atoms with Crippen LogP contribution in [0.25, 0.3) is 0 Å². The highest BCUT2D eigenvalue weighted by atomic mass is 16.5. The van der Waals surface area contributed by atoms with E-state index >= 15 is 0 Å². The number of amides is 1. The molecule has 0 aromatic heterocycles. The second-order valence-corrected chi connectivity index (χ2v) is 8.40. The van der Waals surface area contributed by atoms with Crippen LogP contribution in [0.2, 0.25) is 0 Å². The van der Waals surface area contributed by atoms with E-state index in [0.717, 1.165) is 29.0 Å². The fourth-order valence-electron chi connectivity index (χ4n) is 4.53. The number of ether oxygens (including phenoxy) is 2. The van der Waals surface area contributed by atoms with Crippen LogP contribution in [0.4, 0.5) is 11.4 Å². The van der Waals surface area contributed by atoms with Gasteiger partial charge in [0.1, 0.15) is 11.5 Å². The molecule has 0 fully saturated rings. The molecule has 0 unspecified atom stereocenters. The zero-order chi connectivity index (χ0) is 21.6. The maximum absolute atomic E-state index is 13.4. The summed E-state index contributed by atoms with van der Waals surface area (Å²) in [7, 11) is 1.63. The number of hydrogen-bond acceptors (Lipinski definition) is 5. The Hall–Kier alpha value is -3.15. The third kappa shape index (κ3) is 3.16. The van der Waals surface area contributed by atoms with E-state index in [9.17, 15) is 9.59 Å².